The van der Waals surface area contributed by atoms with Crippen molar-refractivity contribution in [3.63, 3.8) is 0 Å². The minimum Gasteiger partial charge on any atom is -0.444 e. The summed E-state index contributed by atoms with van der Waals surface area (Å²) in [6.07, 6.45) is 0.463. The average Bonchev–Trinajstić information content (AvgIpc) is 2.95. The van der Waals surface area contributed by atoms with Gasteiger partial charge in [-0.05, 0) is 45.4 Å². The van der Waals surface area contributed by atoms with Crippen molar-refractivity contribution in [2.45, 2.75) is 44.8 Å². The zero-order valence-corrected chi connectivity index (χ0v) is 17.3. The van der Waals surface area contributed by atoms with Gasteiger partial charge >= 0.3 is 6.09 Å². The molecule has 1 amide bonds. The van der Waals surface area contributed by atoms with Crippen LogP contribution in [-0.4, -0.2) is 47.9 Å². The molecular formula is C18H23BrN2O3S. The summed E-state index contributed by atoms with van der Waals surface area (Å²) >= 11 is 5.20. The van der Waals surface area contributed by atoms with Gasteiger partial charge in [-0.15, -0.1) is 11.3 Å². The van der Waals surface area contributed by atoms with Crippen molar-refractivity contribution < 1.29 is 14.3 Å². The molecule has 0 bridgehead atoms. The maximum absolute atomic E-state index is 12.3. The summed E-state index contributed by atoms with van der Waals surface area (Å²) in [5, 5.41) is 1.07. The van der Waals surface area contributed by atoms with E-state index in [0.29, 0.717) is 13.1 Å². The number of hydrogen-bond donors (Lipinski definition) is 0. The molecule has 3 rings (SSSR count). The number of thiazole rings is 1. The molecule has 1 aromatic carbocycles. The molecule has 5 nitrogen and oxygen atoms in total. The molecule has 0 spiro atoms. The van der Waals surface area contributed by atoms with Crippen molar-refractivity contribution >= 4 is 43.6 Å². The second-order valence-corrected chi connectivity index (χ2v) is 9.24. The molecule has 136 valence electrons. The number of rotatable bonds is 2. The van der Waals surface area contributed by atoms with Gasteiger partial charge in [-0.2, -0.15) is 0 Å². The summed E-state index contributed by atoms with van der Waals surface area (Å²) in [6.45, 7) is 6.81. The van der Waals surface area contributed by atoms with Gasteiger partial charge in [0, 0.05) is 24.0 Å². The predicted octanol–water partition coefficient (Wildman–Crippen LogP) is 4.80. The summed E-state index contributed by atoms with van der Waals surface area (Å²) in [4.78, 5) is 18.9. The van der Waals surface area contributed by atoms with Crippen LogP contribution in [0.3, 0.4) is 0 Å². The first-order valence-electron chi connectivity index (χ1n) is 8.33. The Morgan fingerprint density at radius 3 is 2.84 bits per heavy atom. The van der Waals surface area contributed by atoms with E-state index in [-0.39, 0.29) is 18.1 Å². The van der Waals surface area contributed by atoms with E-state index in [9.17, 15) is 4.79 Å². The SMILES string of the molecule is CO[C@@H]1CN(C(=O)OC(C)(C)C)CC[C@H]1c1nc2cc(Br)ccc2s1. The van der Waals surface area contributed by atoms with Crippen LogP contribution >= 0.6 is 27.3 Å². The van der Waals surface area contributed by atoms with Gasteiger partial charge in [-0.1, -0.05) is 15.9 Å². The second kappa shape index (κ2) is 7.21. The number of likely N-dealkylation sites (tertiary alicyclic amines) is 1. The number of aromatic nitrogens is 1. The van der Waals surface area contributed by atoms with E-state index in [1.54, 1.807) is 23.3 Å². The number of ether oxygens (including phenoxy) is 2. The maximum Gasteiger partial charge on any atom is 0.410 e. The molecule has 0 saturated carbocycles. The van der Waals surface area contributed by atoms with Crippen LogP contribution in [0, 0.1) is 0 Å². The fourth-order valence-corrected chi connectivity index (χ4v) is 4.49. The molecular weight excluding hydrogens is 404 g/mol. The highest BCUT2D eigenvalue weighted by Gasteiger charge is 2.36. The third-order valence-corrected chi connectivity index (χ3v) is 5.86. The summed E-state index contributed by atoms with van der Waals surface area (Å²) < 4.78 is 13.4. The molecule has 0 N–H and O–H groups in total. The van der Waals surface area contributed by atoms with Crippen LogP contribution in [0.25, 0.3) is 10.2 Å². The van der Waals surface area contributed by atoms with Crippen LogP contribution in [0.2, 0.25) is 0 Å². The van der Waals surface area contributed by atoms with E-state index in [1.807, 2.05) is 32.9 Å². The number of benzene rings is 1. The Balaban J connectivity index is 1.76. The number of amides is 1. The summed E-state index contributed by atoms with van der Waals surface area (Å²) in [5.41, 5.74) is 0.510. The van der Waals surface area contributed by atoms with Gasteiger partial charge in [0.05, 0.1) is 27.9 Å². The lowest BCUT2D eigenvalue weighted by Gasteiger charge is -2.37. The van der Waals surface area contributed by atoms with Gasteiger partial charge in [0.15, 0.2) is 0 Å². The summed E-state index contributed by atoms with van der Waals surface area (Å²) in [5.74, 6) is 0.194. The van der Waals surface area contributed by atoms with Gasteiger partial charge in [-0.3, -0.25) is 0 Å². The number of halogens is 1. The highest BCUT2D eigenvalue weighted by Crippen LogP contribution is 2.36. The van der Waals surface area contributed by atoms with E-state index in [2.05, 4.69) is 22.0 Å². The molecule has 2 atom stereocenters. The zero-order chi connectivity index (χ0) is 18.2. The molecule has 1 fully saturated rings. The van der Waals surface area contributed by atoms with Crippen molar-refractivity contribution in [1.82, 2.24) is 9.88 Å². The lowest BCUT2D eigenvalue weighted by Crippen LogP contribution is -2.48. The number of carbonyl (C=O) groups excluding carboxylic acids is 1. The topological polar surface area (TPSA) is 51.7 Å². The van der Waals surface area contributed by atoms with E-state index < -0.39 is 5.60 Å². The first kappa shape index (κ1) is 18.6. The molecule has 0 unspecified atom stereocenters. The van der Waals surface area contributed by atoms with Gasteiger partial charge in [0.25, 0.3) is 0 Å². The normalized spacial score (nSPS) is 21.6. The average molecular weight is 427 g/mol. The third-order valence-electron chi connectivity index (χ3n) is 4.20. The van der Waals surface area contributed by atoms with Gasteiger partial charge in [-0.25, -0.2) is 9.78 Å². The standard InChI is InChI=1S/C18H23BrN2O3S/c1-18(2,3)24-17(22)21-8-7-12(14(10-21)23-4)16-20-13-9-11(19)5-6-15(13)25-16/h5-6,9,12,14H,7-8,10H2,1-4H3/t12-,14-/m1/s1. The summed E-state index contributed by atoms with van der Waals surface area (Å²) in [6, 6.07) is 6.15. The highest BCUT2D eigenvalue weighted by atomic mass is 79.9. The van der Waals surface area contributed by atoms with Crippen LogP contribution < -0.4 is 0 Å². The number of hydrogen-bond acceptors (Lipinski definition) is 5. The van der Waals surface area contributed by atoms with E-state index in [0.717, 1.165) is 21.4 Å². The van der Waals surface area contributed by atoms with Gasteiger partial charge in [0.1, 0.15) is 5.60 Å². The lowest BCUT2D eigenvalue weighted by atomic mass is 9.94. The molecule has 0 radical (unpaired) electrons. The number of nitrogens with zero attached hydrogens (tertiary/aromatic N) is 2. The Labute approximate surface area is 160 Å². The second-order valence-electron chi connectivity index (χ2n) is 7.26. The van der Waals surface area contributed by atoms with Crippen molar-refractivity contribution in [3.05, 3.63) is 27.7 Å². The largest absolute Gasteiger partial charge is 0.444 e. The Morgan fingerprint density at radius 1 is 1.40 bits per heavy atom. The fraction of sp³-hybridized carbons (Fsp3) is 0.556. The number of carbonyl (C=O) groups is 1. The quantitative estimate of drug-likeness (QED) is 0.691. The first-order valence-corrected chi connectivity index (χ1v) is 9.94. The Kier molecular flexibility index (Phi) is 5.37. The summed E-state index contributed by atoms with van der Waals surface area (Å²) in [7, 11) is 1.69. The zero-order valence-electron chi connectivity index (χ0n) is 14.9. The van der Waals surface area contributed by atoms with Crippen LogP contribution in [0.4, 0.5) is 4.79 Å². The predicted molar refractivity (Wildman–Crippen MR) is 103 cm³/mol. The highest BCUT2D eigenvalue weighted by molar-refractivity contribution is 9.10. The number of piperidine rings is 1. The van der Waals surface area contributed by atoms with Crippen molar-refractivity contribution in [1.29, 1.82) is 0 Å². The van der Waals surface area contributed by atoms with Crippen molar-refractivity contribution in [2.75, 3.05) is 20.2 Å². The molecule has 2 heterocycles. The molecule has 1 saturated heterocycles. The van der Waals surface area contributed by atoms with Crippen LogP contribution in [0.1, 0.15) is 38.1 Å². The molecule has 7 heteroatoms. The van der Waals surface area contributed by atoms with Crippen LogP contribution in [0.5, 0.6) is 0 Å². The van der Waals surface area contributed by atoms with Crippen molar-refractivity contribution in [2.24, 2.45) is 0 Å². The van der Waals surface area contributed by atoms with Crippen LogP contribution in [-0.2, 0) is 9.47 Å². The Morgan fingerprint density at radius 2 is 2.16 bits per heavy atom. The van der Waals surface area contributed by atoms with Gasteiger partial charge < -0.3 is 14.4 Å². The molecule has 1 aliphatic heterocycles. The fourth-order valence-electron chi connectivity index (χ4n) is 3.01. The Bertz CT molecular complexity index is 771. The van der Waals surface area contributed by atoms with Crippen molar-refractivity contribution in [3.8, 4) is 0 Å². The minimum absolute atomic E-state index is 0.0785. The molecule has 1 aromatic heterocycles. The minimum atomic E-state index is -0.489. The van der Waals surface area contributed by atoms with E-state index in [1.165, 1.54) is 4.70 Å². The number of fused-ring (bicyclic) bond motifs is 1. The lowest BCUT2D eigenvalue weighted by molar-refractivity contribution is -0.0139. The van der Waals surface area contributed by atoms with Crippen LogP contribution in [0.15, 0.2) is 22.7 Å². The third kappa shape index (κ3) is 4.33. The monoisotopic (exact) mass is 426 g/mol. The molecule has 0 aliphatic carbocycles. The van der Waals surface area contributed by atoms with Gasteiger partial charge in [0.2, 0.25) is 0 Å². The smallest absolute Gasteiger partial charge is 0.410 e. The molecule has 1 aliphatic rings. The molecule has 25 heavy (non-hydrogen) atoms. The van der Waals surface area contributed by atoms with E-state index >= 15 is 0 Å². The Hall–Kier alpha value is -1.18. The van der Waals surface area contributed by atoms with E-state index in [4.69, 9.17) is 14.5 Å². The number of methoxy groups -OCH3 is 1. The molecule has 2 aromatic rings. The first-order chi connectivity index (χ1) is 11.8. The maximum atomic E-state index is 12.3.